The van der Waals surface area contributed by atoms with Gasteiger partial charge in [-0.25, -0.2) is 0 Å². The van der Waals surface area contributed by atoms with E-state index >= 15 is 0 Å². The standard InChI is InChI=1S/C12H28O4Si.3C4H10O.Ti/c1-7-10(4)14-17(13,15-11(5)8-2)16-12(6)9-3;3*1-3-4(2)5;/h10-13H,7-9H2,1-6H3;3*4-5H,3H2,1-2H3;. The maximum Gasteiger partial charge on any atom is 0.677 e. The number of rotatable bonds is 12. The molecule has 0 spiro atoms. The number of aliphatic hydroxyl groups excluding tert-OH is 3. The molecule has 9 heteroatoms. The Morgan fingerprint density at radius 2 is 0.636 bits per heavy atom. The average Bonchev–Trinajstić information content (AvgIpc) is 2.73. The number of hydrogen-bond acceptors (Lipinski definition) is 7. The fourth-order valence-electron chi connectivity index (χ4n) is 1.10. The molecular weight excluding hydrogens is 476 g/mol. The average molecular weight is 535 g/mol. The van der Waals surface area contributed by atoms with Crippen molar-refractivity contribution in [3.05, 3.63) is 0 Å². The SMILES string of the molecule is CCC(C)O.CCC(C)O.CCC(C)O.CCC(C)O[Si](O)(OC(C)CC)OC(C)CC.[Ti]. The minimum absolute atomic E-state index is 0. The second kappa shape index (κ2) is 28.9. The molecule has 6 unspecified atom stereocenters. The summed E-state index contributed by atoms with van der Waals surface area (Å²) in [5.74, 6) is 0. The van der Waals surface area contributed by atoms with Gasteiger partial charge in [0.05, 0.1) is 18.3 Å². The van der Waals surface area contributed by atoms with Crippen molar-refractivity contribution >= 4 is 9.05 Å². The molecule has 0 bridgehead atoms. The van der Waals surface area contributed by atoms with Crippen LogP contribution in [0.4, 0.5) is 0 Å². The topological polar surface area (TPSA) is 109 Å². The third-order valence-electron chi connectivity index (χ3n) is 4.55. The van der Waals surface area contributed by atoms with Crippen LogP contribution in [0.25, 0.3) is 0 Å². The van der Waals surface area contributed by atoms with Crippen molar-refractivity contribution in [2.24, 2.45) is 0 Å². The Hall–Kier alpha value is 0.651. The van der Waals surface area contributed by atoms with Crippen molar-refractivity contribution in [2.45, 2.75) is 158 Å². The largest absolute Gasteiger partial charge is 0.677 e. The van der Waals surface area contributed by atoms with Crippen molar-refractivity contribution < 1.29 is 55.1 Å². The molecule has 0 aliphatic heterocycles. The molecule has 33 heavy (non-hydrogen) atoms. The molecule has 0 rings (SSSR count). The van der Waals surface area contributed by atoms with Gasteiger partial charge in [-0.15, -0.1) is 0 Å². The summed E-state index contributed by atoms with van der Waals surface area (Å²) in [7, 11) is -3.50. The maximum atomic E-state index is 10.4. The van der Waals surface area contributed by atoms with Crippen molar-refractivity contribution in [1.82, 2.24) is 0 Å². The van der Waals surface area contributed by atoms with Crippen LogP contribution in [0.3, 0.4) is 0 Å². The zero-order chi connectivity index (χ0) is 26.3. The van der Waals surface area contributed by atoms with Crippen LogP contribution in [0, 0.1) is 0 Å². The molecule has 0 saturated carbocycles. The van der Waals surface area contributed by atoms with Crippen LogP contribution in [0.15, 0.2) is 0 Å². The Kier molecular flexibility index (Phi) is 38.3. The van der Waals surface area contributed by atoms with Gasteiger partial charge in [0.1, 0.15) is 0 Å². The molecule has 0 aliphatic carbocycles. The summed E-state index contributed by atoms with van der Waals surface area (Å²) in [5.41, 5.74) is 0. The Morgan fingerprint density at radius 1 is 0.485 bits per heavy atom. The van der Waals surface area contributed by atoms with Crippen LogP contribution in [0.2, 0.25) is 0 Å². The van der Waals surface area contributed by atoms with E-state index in [1.165, 1.54) is 0 Å². The molecule has 0 aromatic heterocycles. The first-order valence-electron chi connectivity index (χ1n) is 12.5. The second-order valence-electron chi connectivity index (χ2n) is 8.31. The molecular formula is C24H58O7SiTi. The molecule has 0 amide bonds. The van der Waals surface area contributed by atoms with E-state index in [2.05, 4.69) is 0 Å². The normalized spacial score (nSPS) is 17.5. The van der Waals surface area contributed by atoms with Crippen LogP contribution < -0.4 is 0 Å². The van der Waals surface area contributed by atoms with E-state index in [1.807, 2.05) is 62.3 Å². The second-order valence-corrected chi connectivity index (χ2v) is 10.1. The minimum atomic E-state index is -3.50. The Balaban J connectivity index is -0.000000133. The molecule has 7 nitrogen and oxygen atoms in total. The van der Waals surface area contributed by atoms with Crippen molar-refractivity contribution in [1.29, 1.82) is 0 Å². The quantitative estimate of drug-likeness (QED) is 0.255. The fraction of sp³-hybridized carbons (Fsp3) is 1.00. The van der Waals surface area contributed by atoms with Crippen molar-refractivity contribution in [2.75, 3.05) is 0 Å². The number of aliphatic hydroxyl groups is 3. The third kappa shape index (κ3) is 40.1. The van der Waals surface area contributed by atoms with E-state index in [1.54, 1.807) is 20.8 Å². The smallest absolute Gasteiger partial charge is 0.393 e. The summed E-state index contributed by atoms with van der Waals surface area (Å²) in [6.07, 6.45) is 4.54. The molecule has 6 atom stereocenters. The summed E-state index contributed by atoms with van der Waals surface area (Å²) in [5, 5.41) is 25.1. The zero-order valence-electron chi connectivity index (χ0n) is 23.7. The predicted molar refractivity (Wildman–Crippen MR) is 136 cm³/mol. The van der Waals surface area contributed by atoms with Crippen molar-refractivity contribution in [3.63, 3.8) is 0 Å². The molecule has 0 aromatic carbocycles. The van der Waals surface area contributed by atoms with Crippen LogP contribution >= 0.6 is 0 Å². The first kappa shape index (κ1) is 43.7. The van der Waals surface area contributed by atoms with Gasteiger partial charge in [-0.1, -0.05) is 41.5 Å². The summed E-state index contributed by atoms with van der Waals surface area (Å²) < 4.78 is 16.7. The summed E-state index contributed by atoms with van der Waals surface area (Å²) >= 11 is 0. The third-order valence-corrected chi connectivity index (χ3v) is 6.65. The van der Waals surface area contributed by atoms with Gasteiger partial charge in [0.25, 0.3) is 0 Å². The van der Waals surface area contributed by atoms with E-state index < -0.39 is 9.05 Å². The molecule has 0 radical (unpaired) electrons. The van der Waals surface area contributed by atoms with E-state index in [9.17, 15) is 4.80 Å². The predicted octanol–water partition coefficient (Wildman–Crippen LogP) is 5.19. The van der Waals surface area contributed by atoms with Crippen LogP contribution in [-0.2, 0) is 35.0 Å². The number of hydrogen-bond donors (Lipinski definition) is 4. The van der Waals surface area contributed by atoms with Gasteiger partial charge in [0, 0.05) is 40.0 Å². The van der Waals surface area contributed by atoms with E-state index in [4.69, 9.17) is 28.6 Å². The van der Waals surface area contributed by atoms with Crippen LogP contribution in [0.5, 0.6) is 0 Å². The van der Waals surface area contributed by atoms with Gasteiger partial charge in [-0.3, -0.25) is 0 Å². The Morgan fingerprint density at radius 3 is 0.727 bits per heavy atom. The van der Waals surface area contributed by atoms with Gasteiger partial charge in [-0.2, -0.15) is 0 Å². The zero-order valence-corrected chi connectivity index (χ0v) is 26.3. The fourth-order valence-corrected chi connectivity index (χ4v) is 3.29. The monoisotopic (exact) mass is 534 g/mol. The summed E-state index contributed by atoms with van der Waals surface area (Å²) in [6.45, 7) is 22.9. The van der Waals surface area contributed by atoms with Crippen molar-refractivity contribution in [3.8, 4) is 0 Å². The minimum Gasteiger partial charge on any atom is -0.393 e. The molecule has 0 heterocycles. The van der Waals surface area contributed by atoms with Gasteiger partial charge in [0.15, 0.2) is 0 Å². The maximum absolute atomic E-state index is 10.4. The molecule has 4 N–H and O–H groups in total. The molecule has 0 fully saturated rings. The summed E-state index contributed by atoms with van der Waals surface area (Å²) in [4.78, 5) is 10.4. The van der Waals surface area contributed by atoms with Crippen LogP contribution in [-0.4, -0.2) is 65.8 Å². The first-order valence-corrected chi connectivity index (χ1v) is 14.1. The van der Waals surface area contributed by atoms with Gasteiger partial charge in [0.2, 0.25) is 0 Å². The molecule has 0 aromatic rings. The first-order chi connectivity index (χ1) is 14.7. The van der Waals surface area contributed by atoms with Gasteiger partial charge >= 0.3 is 9.05 Å². The van der Waals surface area contributed by atoms with Crippen LogP contribution in [0.1, 0.15) is 122 Å². The Bertz CT molecular complexity index is 311. The van der Waals surface area contributed by atoms with E-state index in [-0.39, 0.29) is 58.3 Å². The molecule has 204 valence electrons. The van der Waals surface area contributed by atoms with Gasteiger partial charge in [-0.05, 0) is 80.1 Å². The van der Waals surface area contributed by atoms with E-state index in [0.29, 0.717) is 0 Å². The molecule has 0 saturated heterocycles. The van der Waals surface area contributed by atoms with E-state index in [0.717, 1.165) is 38.5 Å². The molecule has 0 aliphatic rings. The van der Waals surface area contributed by atoms with Gasteiger partial charge < -0.3 is 33.4 Å². The Labute approximate surface area is 222 Å². The summed E-state index contributed by atoms with van der Waals surface area (Å²) in [6, 6.07) is 0.